The molecule has 0 amide bonds. The third-order valence-electron chi connectivity index (χ3n) is 4.14. The summed E-state index contributed by atoms with van der Waals surface area (Å²) in [5.74, 6) is -1.16. The van der Waals surface area contributed by atoms with Crippen molar-refractivity contribution in [1.82, 2.24) is 0 Å². The SMILES string of the molecule is O=C(O)c1ccccc1/C(=N\Nc1ccc([N+](=O)[O-])cc1[N+](=O)[O-])c1ccccc1. The molecule has 0 spiro atoms. The van der Waals surface area contributed by atoms with Crippen LogP contribution in [0, 0.1) is 20.2 Å². The van der Waals surface area contributed by atoms with Gasteiger partial charge in [0.2, 0.25) is 0 Å². The van der Waals surface area contributed by atoms with Crippen molar-refractivity contribution in [2.24, 2.45) is 5.10 Å². The predicted molar refractivity (Wildman–Crippen MR) is 109 cm³/mol. The van der Waals surface area contributed by atoms with Gasteiger partial charge < -0.3 is 5.11 Å². The Kier molecular flexibility index (Phi) is 5.78. The third kappa shape index (κ3) is 4.28. The van der Waals surface area contributed by atoms with Crippen LogP contribution in [0.25, 0.3) is 0 Å². The lowest BCUT2D eigenvalue weighted by molar-refractivity contribution is -0.393. The average molecular weight is 406 g/mol. The lowest BCUT2D eigenvalue weighted by Crippen LogP contribution is -2.12. The zero-order chi connectivity index (χ0) is 21.7. The summed E-state index contributed by atoms with van der Waals surface area (Å²) in [5, 5.41) is 36.0. The van der Waals surface area contributed by atoms with E-state index in [9.17, 15) is 30.1 Å². The van der Waals surface area contributed by atoms with Crippen molar-refractivity contribution in [3.05, 3.63) is 110 Å². The fraction of sp³-hybridized carbons (Fsp3) is 0. The molecule has 0 aliphatic rings. The van der Waals surface area contributed by atoms with Crippen molar-refractivity contribution in [2.75, 3.05) is 5.43 Å². The predicted octanol–water partition coefficient (Wildman–Crippen LogP) is 4.07. The molecule has 0 heterocycles. The largest absolute Gasteiger partial charge is 0.478 e. The molecule has 0 aromatic heterocycles. The van der Waals surface area contributed by atoms with E-state index < -0.39 is 27.2 Å². The van der Waals surface area contributed by atoms with Crippen LogP contribution in [0.1, 0.15) is 21.5 Å². The molecular weight excluding hydrogens is 392 g/mol. The summed E-state index contributed by atoms with van der Waals surface area (Å²) in [6, 6.07) is 18.0. The van der Waals surface area contributed by atoms with Crippen LogP contribution in [0.4, 0.5) is 17.1 Å². The average Bonchev–Trinajstić information content (AvgIpc) is 2.74. The van der Waals surface area contributed by atoms with Crippen molar-refractivity contribution in [3.8, 4) is 0 Å². The zero-order valence-corrected chi connectivity index (χ0v) is 15.3. The second-order valence-electron chi connectivity index (χ2n) is 6.00. The maximum atomic E-state index is 11.6. The first-order valence-electron chi connectivity index (χ1n) is 8.53. The maximum absolute atomic E-state index is 11.6. The molecule has 0 radical (unpaired) electrons. The second kappa shape index (κ2) is 8.61. The topological polar surface area (TPSA) is 148 Å². The Balaban J connectivity index is 2.12. The van der Waals surface area contributed by atoms with Crippen molar-refractivity contribution in [3.63, 3.8) is 0 Å². The van der Waals surface area contributed by atoms with E-state index in [0.29, 0.717) is 11.1 Å². The Labute approximate surface area is 169 Å². The van der Waals surface area contributed by atoms with Gasteiger partial charge in [0.1, 0.15) is 5.69 Å². The first-order chi connectivity index (χ1) is 14.4. The Morgan fingerprint density at radius 3 is 2.10 bits per heavy atom. The lowest BCUT2D eigenvalue weighted by atomic mass is 9.97. The number of non-ortho nitro benzene ring substituents is 1. The molecule has 10 heteroatoms. The van der Waals surface area contributed by atoms with Gasteiger partial charge in [0.25, 0.3) is 5.69 Å². The van der Waals surface area contributed by atoms with Gasteiger partial charge in [-0.2, -0.15) is 5.10 Å². The lowest BCUT2D eigenvalue weighted by Gasteiger charge is -2.11. The van der Waals surface area contributed by atoms with E-state index in [1.165, 1.54) is 12.1 Å². The molecule has 0 atom stereocenters. The highest BCUT2D eigenvalue weighted by Crippen LogP contribution is 2.29. The minimum absolute atomic E-state index is 0.0000947. The number of aromatic carboxylic acids is 1. The van der Waals surface area contributed by atoms with Crippen molar-refractivity contribution in [1.29, 1.82) is 0 Å². The summed E-state index contributed by atoms with van der Waals surface area (Å²) in [7, 11) is 0. The number of rotatable bonds is 7. The number of nitrogens with zero attached hydrogens (tertiary/aromatic N) is 3. The fourth-order valence-electron chi connectivity index (χ4n) is 2.75. The number of nitrogens with one attached hydrogen (secondary N) is 1. The minimum atomic E-state index is -1.16. The first-order valence-corrected chi connectivity index (χ1v) is 8.53. The number of hydrazone groups is 1. The van der Waals surface area contributed by atoms with Gasteiger partial charge in [0, 0.05) is 17.2 Å². The molecule has 3 aromatic rings. The number of anilines is 1. The van der Waals surface area contributed by atoms with Crippen molar-refractivity contribution >= 4 is 28.7 Å². The Hall–Kier alpha value is -4.60. The van der Waals surface area contributed by atoms with E-state index in [4.69, 9.17) is 0 Å². The molecule has 0 aliphatic heterocycles. The monoisotopic (exact) mass is 406 g/mol. The molecule has 150 valence electrons. The fourth-order valence-corrected chi connectivity index (χ4v) is 2.75. The number of carboxylic acids is 1. The molecule has 0 fully saturated rings. The Bertz CT molecular complexity index is 1160. The van der Waals surface area contributed by atoms with Gasteiger partial charge in [0.15, 0.2) is 0 Å². The van der Waals surface area contributed by atoms with Crippen LogP contribution in [0.5, 0.6) is 0 Å². The number of benzene rings is 3. The Morgan fingerprint density at radius 2 is 1.50 bits per heavy atom. The van der Waals surface area contributed by atoms with E-state index in [0.717, 1.165) is 12.1 Å². The minimum Gasteiger partial charge on any atom is -0.478 e. The van der Waals surface area contributed by atoms with Gasteiger partial charge in [-0.3, -0.25) is 25.7 Å². The molecule has 0 saturated heterocycles. The van der Waals surface area contributed by atoms with Crippen molar-refractivity contribution < 1.29 is 19.7 Å². The van der Waals surface area contributed by atoms with Crippen LogP contribution < -0.4 is 5.43 Å². The summed E-state index contributed by atoms with van der Waals surface area (Å²) in [6.07, 6.45) is 0. The number of nitro benzene ring substituents is 2. The van der Waals surface area contributed by atoms with Crippen LogP contribution in [-0.4, -0.2) is 26.6 Å². The van der Waals surface area contributed by atoms with Gasteiger partial charge in [-0.15, -0.1) is 0 Å². The molecule has 10 nitrogen and oxygen atoms in total. The van der Waals surface area contributed by atoms with E-state index in [1.807, 2.05) is 0 Å². The van der Waals surface area contributed by atoms with Crippen LogP contribution in [0.15, 0.2) is 77.9 Å². The van der Waals surface area contributed by atoms with E-state index in [-0.39, 0.29) is 17.0 Å². The zero-order valence-electron chi connectivity index (χ0n) is 15.3. The number of hydrogen-bond acceptors (Lipinski definition) is 7. The second-order valence-corrected chi connectivity index (χ2v) is 6.00. The number of nitro groups is 2. The number of carboxylic acid groups (broad SMARTS) is 1. The van der Waals surface area contributed by atoms with Gasteiger partial charge in [-0.1, -0.05) is 48.5 Å². The number of carbonyl (C=O) groups is 1. The Morgan fingerprint density at radius 1 is 0.867 bits per heavy atom. The molecule has 0 aliphatic carbocycles. The maximum Gasteiger partial charge on any atom is 0.336 e. The first kappa shape index (κ1) is 20.1. The van der Waals surface area contributed by atoms with Crippen LogP contribution >= 0.6 is 0 Å². The highest BCUT2D eigenvalue weighted by molar-refractivity contribution is 6.17. The normalized spacial score (nSPS) is 11.0. The third-order valence-corrected chi connectivity index (χ3v) is 4.14. The molecule has 3 aromatic carbocycles. The smallest absolute Gasteiger partial charge is 0.336 e. The molecule has 0 unspecified atom stereocenters. The quantitative estimate of drug-likeness (QED) is 0.341. The van der Waals surface area contributed by atoms with Crippen LogP contribution in [-0.2, 0) is 0 Å². The van der Waals surface area contributed by atoms with E-state index in [2.05, 4.69) is 10.5 Å². The molecule has 0 bridgehead atoms. The van der Waals surface area contributed by atoms with Gasteiger partial charge in [-0.25, -0.2) is 4.79 Å². The molecule has 3 rings (SSSR count). The summed E-state index contributed by atoms with van der Waals surface area (Å²) in [6.45, 7) is 0. The summed E-state index contributed by atoms with van der Waals surface area (Å²) < 4.78 is 0. The van der Waals surface area contributed by atoms with E-state index >= 15 is 0 Å². The standard InChI is InChI=1S/C20H14N4O6/c25-20(26)16-9-5-4-8-15(16)19(13-6-2-1-3-7-13)22-21-17-11-10-14(23(27)28)12-18(17)24(29)30/h1-12,21H,(H,25,26)/b22-19-. The summed E-state index contributed by atoms with van der Waals surface area (Å²) in [4.78, 5) is 32.4. The molecular formula is C20H14N4O6. The number of hydrogen-bond donors (Lipinski definition) is 2. The molecule has 2 N–H and O–H groups in total. The van der Waals surface area contributed by atoms with Crippen LogP contribution in [0.3, 0.4) is 0 Å². The molecule has 30 heavy (non-hydrogen) atoms. The van der Waals surface area contributed by atoms with Gasteiger partial charge in [0.05, 0.1) is 27.2 Å². The summed E-state index contributed by atoms with van der Waals surface area (Å²) >= 11 is 0. The van der Waals surface area contributed by atoms with Gasteiger partial charge >= 0.3 is 11.7 Å². The summed E-state index contributed by atoms with van der Waals surface area (Å²) in [5.41, 5.74) is 2.62. The van der Waals surface area contributed by atoms with Crippen molar-refractivity contribution in [2.45, 2.75) is 0 Å². The highest BCUT2D eigenvalue weighted by Gasteiger charge is 2.20. The van der Waals surface area contributed by atoms with E-state index in [1.54, 1.807) is 48.5 Å². The van der Waals surface area contributed by atoms with Gasteiger partial charge in [-0.05, 0) is 12.1 Å². The van der Waals surface area contributed by atoms with Crippen LogP contribution in [0.2, 0.25) is 0 Å². The molecule has 0 saturated carbocycles. The highest BCUT2D eigenvalue weighted by atomic mass is 16.6.